The van der Waals surface area contributed by atoms with Crippen molar-refractivity contribution in [3.8, 4) is 0 Å². The molecule has 0 spiro atoms. The van der Waals surface area contributed by atoms with Crippen LogP contribution in [-0.4, -0.2) is 74.2 Å². The number of nitrogens with one attached hydrogen (secondary N) is 1. The van der Waals surface area contributed by atoms with Crippen molar-refractivity contribution in [2.75, 3.05) is 52.5 Å². The SMILES string of the molecule is CC(C(=O)N1CCOCC1)N1CCCNCC1. The second-order valence-corrected chi connectivity index (χ2v) is 4.75. The smallest absolute Gasteiger partial charge is 0.239 e. The standard InChI is InChI=1S/C12H23N3O2/c1-11(14-5-2-3-13-4-6-14)12(16)15-7-9-17-10-8-15/h11,13H,2-10H2,1H3. The Morgan fingerprint density at radius 3 is 2.71 bits per heavy atom. The fraction of sp³-hybridized carbons (Fsp3) is 0.917. The molecule has 1 amide bonds. The molecule has 1 N–H and O–H groups in total. The number of ether oxygens (including phenoxy) is 1. The van der Waals surface area contributed by atoms with Gasteiger partial charge in [-0.05, 0) is 19.9 Å². The van der Waals surface area contributed by atoms with Crippen LogP contribution in [0.25, 0.3) is 0 Å². The summed E-state index contributed by atoms with van der Waals surface area (Å²) >= 11 is 0. The number of amides is 1. The van der Waals surface area contributed by atoms with E-state index in [-0.39, 0.29) is 11.9 Å². The van der Waals surface area contributed by atoms with E-state index in [2.05, 4.69) is 10.2 Å². The van der Waals surface area contributed by atoms with Crippen LogP contribution in [0, 0.1) is 0 Å². The molecule has 5 nitrogen and oxygen atoms in total. The molecule has 2 fully saturated rings. The lowest BCUT2D eigenvalue weighted by Gasteiger charge is -2.33. The first-order valence-electron chi connectivity index (χ1n) is 6.60. The van der Waals surface area contributed by atoms with Gasteiger partial charge in [-0.1, -0.05) is 0 Å². The molecule has 17 heavy (non-hydrogen) atoms. The zero-order valence-corrected chi connectivity index (χ0v) is 10.7. The first-order valence-corrected chi connectivity index (χ1v) is 6.60. The Morgan fingerprint density at radius 1 is 1.18 bits per heavy atom. The van der Waals surface area contributed by atoms with Crippen molar-refractivity contribution in [2.24, 2.45) is 0 Å². The summed E-state index contributed by atoms with van der Waals surface area (Å²) in [5.74, 6) is 0.259. The molecular weight excluding hydrogens is 218 g/mol. The van der Waals surface area contributed by atoms with Gasteiger partial charge in [-0.3, -0.25) is 9.69 Å². The normalized spacial score (nSPS) is 25.4. The maximum absolute atomic E-state index is 12.3. The third-order valence-electron chi connectivity index (χ3n) is 3.60. The quantitative estimate of drug-likeness (QED) is 0.710. The second kappa shape index (κ2) is 6.33. The summed E-state index contributed by atoms with van der Waals surface area (Å²) < 4.78 is 5.28. The van der Waals surface area contributed by atoms with Gasteiger partial charge in [0.25, 0.3) is 0 Å². The highest BCUT2D eigenvalue weighted by Crippen LogP contribution is 2.08. The molecule has 0 saturated carbocycles. The second-order valence-electron chi connectivity index (χ2n) is 4.75. The summed E-state index contributed by atoms with van der Waals surface area (Å²) in [7, 11) is 0. The number of nitrogens with zero attached hydrogens (tertiary/aromatic N) is 2. The van der Waals surface area contributed by atoms with Crippen molar-refractivity contribution in [3.05, 3.63) is 0 Å². The number of carbonyl (C=O) groups is 1. The van der Waals surface area contributed by atoms with E-state index in [1.54, 1.807) is 0 Å². The maximum atomic E-state index is 12.3. The third kappa shape index (κ3) is 3.40. The average Bonchev–Trinajstić information content (AvgIpc) is 2.67. The molecule has 1 unspecified atom stereocenters. The topological polar surface area (TPSA) is 44.8 Å². The molecule has 5 heteroatoms. The third-order valence-corrected chi connectivity index (χ3v) is 3.60. The number of morpholine rings is 1. The van der Waals surface area contributed by atoms with E-state index >= 15 is 0 Å². The van der Waals surface area contributed by atoms with Gasteiger partial charge >= 0.3 is 0 Å². The monoisotopic (exact) mass is 241 g/mol. The minimum atomic E-state index is 0.00741. The summed E-state index contributed by atoms with van der Waals surface area (Å²) in [6, 6.07) is 0.00741. The van der Waals surface area contributed by atoms with Crippen molar-refractivity contribution < 1.29 is 9.53 Å². The molecule has 2 rings (SSSR count). The van der Waals surface area contributed by atoms with Crippen LogP contribution in [0.5, 0.6) is 0 Å². The summed E-state index contributed by atoms with van der Waals surface area (Å²) in [6.07, 6.45) is 1.13. The molecule has 2 heterocycles. The molecule has 2 saturated heterocycles. The fourth-order valence-electron chi connectivity index (χ4n) is 2.46. The molecule has 0 aromatic rings. The van der Waals surface area contributed by atoms with Crippen molar-refractivity contribution in [3.63, 3.8) is 0 Å². The molecule has 0 aromatic heterocycles. The van der Waals surface area contributed by atoms with Crippen LogP contribution in [0.3, 0.4) is 0 Å². The molecule has 2 aliphatic heterocycles. The van der Waals surface area contributed by atoms with Crippen LogP contribution in [-0.2, 0) is 9.53 Å². The van der Waals surface area contributed by atoms with Gasteiger partial charge in [0.1, 0.15) is 0 Å². The van der Waals surface area contributed by atoms with Crippen molar-refractivity contribution in [1.29, 1.82) is 0 Å². The Bertz CT molecular complexity index is 246. The highest BCUT2D eigenvalue weighted by atomic mass is 16.5. The summed E-state index contributed by atoms with van der Waals surface area (Å²) in [5.41, 5.74) is 0. The highest BCUT2D eigenvalue weighted by Gasteiger charge is 2.27. The predicted octanol–water partition coefficient (Wildman–Crippen LogP) is -0.471. The predicted molar refractivity (Wildman–Crippen MR) is 65.9 cm³/mol. The van der Waals surface area contributed by atoms with Gasteiger partial charge in [-0.2, -0.15) is 0 Å². The first-order chi connectivity index (χ1) is 8.29. The molecule has 0 aromatic carbocycles. The van der Waals surface area contributed by atoms with Crippen LogP contribution in [0.15, 0.2) is 0 Å². The number of hydrogen-bond donors (Lipinski definition) is 1. The van der Waals surface area contributed by atoms with Crippen molar-refractivity contribution in [2.45, 2.75) is 19.4 Å². The van der Waals surface area contributed by atoms with E-state index in [0.717, 1.165) is 45.7 Å². The first kappa shape index (κ1) is 12.8. The van der Waals surface area contributed by atoms with Gasteiger partial charge in [0.2, 0.25) is 5.91 Å². The van der Waals surface area contributed by atoms with Crippen molar-refractivity contribution in [1.82, 2.24) is 15.1 Å². The van der Waals surface area contributed by atoms with Gasteiger partial charge in [0.05, 0.1) is 19.3 Å². The Labute approximate surface area is 103 Å². The largest absolute Gasteiger partial charge is 0.378 e. The minimum Gasteiger partial charge on any atom is -0.378 e. The Balaban J connectivity index is 1.88. The lowest BCUT2D eigenvalue weighted by Crippen LogP contribution is -2.51. The van der Waals surface area contributed by atoms with E-state index in [4.69, 9.17) is 4.74 Å². The summed E-state index contributed by atoms with van der Waals surface area (Å²) in [5, 5.41) is 3.36. The van der Waals surface area contributed by atoms with Gasteiger partial charge in [0.15, 0.2) is 0 Å². The van der Waals surface area contributed by atoms with Crippen LogP contribution in [0.4, 0.5) is 0 Å². The number of hydrogen-bond acceptors (Lipinski definition) is 4. The molecule has 2 aliphatic rings. The molecular formula is C12H23N3O2. The van der Waals surface area contributed by atoms with Gasteiger partial charge in [-0.15, -0.1) is 0 Å². The van der Waals surface area contributed by atoms with Crippen molar-refractivity contribution >= 4 is 5.91 Å². The van der Waals surface area contributed by atoms with Gasteiger partial charge in [0, 0.05) is 32.7 Å². The van der Waals surface area contributed by atoms with Crippen LogP contribution >= 0.6 is 0 Å². The van der Waals surface area contributed by atoms with Crippen LogP contribution < -0.4 is 5.32 Å². The van der Waals surface area contributed by atoms with E-state index in [9.17, 15) is 4.79 Å². The maximum Gasteiger partial charge on any atom is 0.239 e. The Kier molecular flexibility index (Phi) is 4.76. The Morgan fingerprint density at radius 2 is 1.94 bits per heavy atom. The van der Waals surface area contributed by atoms with E-state index in [1.807, 2.05) is 11.8 Å². The molecule has 98 valence electrons. The average molecular weight is 241 g/mol. The minimum absolute atomic E-state index is 0.00741. The van der Waals surface area contributed by atoms with E-state index in [0.29, 0.717) is 13.2 Å². The van der Waals surface area contributed by atoms with E-state index < -0.39 is 0 Å². The number of carbonyl (C=O) groups excluding carboxylic acids is 1. The van der Waals surface area contributed by atoms with Gasteiger partial charge < -0.3 is 15.0 Å². The lowest BCUT2D eigenvalue weighted by atomic mass is 10.2. The lowest BCUT2D eigenvalue weighted by molar-refractivity contribution is -0.140. The molecule has 0 bridgehead atoms. The highest BCUT2D eigenvalue weighted by molar-refractivity contribution is 5.81. The zero-order chi connectivity index (χ0) is 12.1. The summed E-state index contributed by atoms with van der Waals surface area (Å²) in [6.45, 7) is 8.92. The van der Waals surface area contributed by atoms with Crippen LogP contribution in [0.2, 0.25) is 0 Å². The molecule has 0 aliphatic carbocycles. The van der Waals surface area contributed by atoms with Gasteiger partial charge in [-0.25, -0.2) is 0 Å². The number of rotatable bonds is 2. The van der Waals surface area contributed by atoms with Crippen LogP contribution in [0.1, 0.15) is 13.3 Å². The fourth-order valence-corrected chi connectivity index (χ4v) is 2.46. The molecule has 1 atom stereocenters. The van der Waals surface area contributed by atoms with E-state index in [1.165, 1.54) is 0 Å². The Hall–Kier alpha value is -0.650. The summed E-state index contributed by atoms with van der Waals surface area (Å²) in [4.78, 5) is 16.5. The zero-order valence-electron chi connectivity index (χ0n) is 10.7. The molecule has 0 radical (unpaired) electrons.